The van der Waals surface area contributed by atoms with Gasteiger partial charge < -0.3 is 15.1 Å². The van der Waals surface area contributed by atoms with Gasteiger partial charge in [0.2, 0.25) is 5.91 Å². The lowest BCUT2D eigenvalue weighted by Gasteiger charge is -2.49. The van der Waals surface area contributed by atoms with Gasteiger partial charge in [0.15, 0.2) is 0 Å². The van der Waals surface area contributed by atoms with Gasteiger partial charge >= 0.3 is 6.18 Å². The van der Waals surface area contributed by atoms with Crippen molar-refractivity contribution < 1.29 is 18.0 Å². The van der Waals surface area contributed by atoms with Gasteiger partial charge in [0, 0.05) is 31.9 Å². The first-order valence-corrected chi connectivity index (χ1v) is 10.4. The van der Waals surface area contributed by atoms with Gasteiger partial charge in [-0.25, -0.2) is 0 Å². The third-order valence-corrected chi connectivity index (χ3v) is 6.24. The highest BCUT2D eigenvalue weighted by Gasteiger charge is 2.42. The molecule has 2 aliphatic rings. The summed E-state index contributed by atoms with van der Waals surface area (Å²) in [5, 5.41) is 3.50. The van der Waals surface area contributed by atoms with E-state index in [1.165, 1.54) is 6.07 Å². The first-order chi connectivity index (χ1) is 14.3. The number of benzene rings is 2. The summed E-state index contributed by atoms with van der Waals surface area (Å²) < 4.78 is 39.7. The van der Waals surface area contributed by atoms with E-state index in [2.05, 4.69) is 15.1 Å². The van der Waals surface area contributed by atoms with Crippen LogP contribution in [0.3, 0.4) is 0 Å². The lowest BCUT2D eigenvalue weighted by molar-refractivity contribution is -0.137. The van der Waals surface area contributed by atoms with E-state index in [0.717, 1.165) is 17.4 Å². The number of hydrogen-bond donors (Lipinski definition) is 1. The summed E-state index contributed by atoms with van der Waals surface area (Å²) in [6.45, 7) is 4.16. The van der Waals surface area contributed by atoms with E-state index in [1.807, 2.05) is 31.2 Å². The number of hydrogen-bond acceptors (Lipinski definition) is 3. The highest BCUT2D eigenvalue weighted by molar-refractivity contribution is 6.33. The fourth-order valence-electron chi connectivity index (χ4n) is 4.53. The number of nitrogens with one attached hydrogen (secondary N) is 1. The zero-order chi connectivity index (χ0) is 21.5. The van der Waals surface area contributed by atoms with Crippen molar-refractivity contribution in [1.82, 2.24) is 5.32 Å². The summed E-state index contributed by atoms with van der Waals surface area (Å²) in [6, 6.07) is 11.3. The van der Waals surface area contributed by atoms with E-state index < -0.39 is 17.7 Å². The average Bonchev–Trinajstić information content (AvgIpc) is 2.72. The normalized spacial score (nSPS) is 21.1. The number of fused-ring (bicyclic) bond motifs is 3. The third kappa shape index (κ3) is 3.83. The summed E-state index contributed by atoms with van der Waals surface area (Å²) in [7, 11) is 0. The second-order valence-electron chi connectivity index (χ2n) is 7.70. The molecule has 0 aromatic heterocycles. The average molecular weight is 438 g/mol. The number of nitrogens with zero attached hydrogens (tertiary/aromatic N) is 2. The standard InChI is InChI=1S/C22H23ClF3N3O/c1-2-27-21(30)16-12-14-11-15(22(24,25)26)7-8-18(14)29-10-9-28(13-20(16)29)19-6-4-3-5-17(19)23/h3-8,11,16,20H,2,9-10,12-13H2,1H3,(H,27,30)/t16-,20+/m1/s1. The molecule has 2 aromatic rings. The highest BCUT2D eigenvalue weighted by atomic mass is 35.5. The molecule has 0 unspecified atom stereocenters. The van der Waals surface area contributed by atoms with Crippen LogP contribution in [-0.2, 0) is 17.4 Å². The van der Waals surface area contributed by atoms with Crippen LogP contribution < -0.4 is 15.1 Å². The summed E-state index contributed by atoms with van der Waals surface area (Å²) >= 11 is 6.38. The zero-order valence-corrected chi connectivity index (χ0v) is 17.3. The number of carbonyl (C=O) groups is 1. The molecular formula is C22H23ClF3N3O. The van der Waals surface area contributed by atoms with Crippen LogP contribution >= 0.6 is 11.6 Å². The van der Waals surface area contributed by atoms with Gasteiger partial charge in [-0.05, 0) is 49.2 Å². The molecule has 0 saturated carbocycles. The SMILES string of the molecule is CCNC(=O)[C@@H]1Cc2cc(C(F)(F)F)ccc2N2CCN(c3ccccc3Cl)C[C@@H]12. The number of para-hydroxylation sites is 1. The van der Waals surface area contributed by atoms with Crippen molar-refractivity contribution in [3.63, 3.8) is 0 Å². The van der Waals surface area contributed by atoms with Crippen molar-refractivity contribution in [2.24, 2.45) is 5.92 Å². The van der Waals surface area contributed by atoms with Crippen molar-refractivity contribution >= 4 is 28.9 Å². The fraction of sp³-hybridized carbons (Fsp3) is 0.409. The van der Waals surface area contributed by atoms with E-state index in [-0.39, 0.29) is 18.4 Å². The smallest absolute Gasteiger partial charge is 0.366 e. The number of amides is 1. The largest absolute Gasteiger partial charge is 0.416 e. The lowest BCUT2D eigenvalue weighted by Crippen LogP contribution is -2.61. The Balaban J connectivity index is 1.70. The first kappa shape index (κ1) is 20.8. The van der Waals surface area contributed by atoms with E-state index >= 15 is 0 Å². The quantitative estimate of drug-likeness (QED) is 0.774. The van der Waals surface area contributed by atoms with Crippen LogP contribution in [0.4, 0.5) is 24.5 Å². The number of piperazine rings is 1. The molecule has 2 atom stereocenters. The second-order valence-corrected chi connectivity index (χ2v) is 8.11. The molecule has 4 rings (SSSR count). The van der Waals surface area contributed by atoms with Crippen LogP contribution in [0.1, 0.15) is 18.1 Å². The monoisotopic (exact) mass is 437 g/mol. The fourth-order valence-corrected chi connectivity index (χ4v) is 4.79. The van der Waals surface area contributed by atoms with Gasteiger partial charge in [0.05, 0.1) is 28.2 Å². The van der Waals surface area contributed by atoms with Crippen LogP contribution in [-0.4, -0.2) is 38.1 Å². The van der Waals surface area contributed by atoms with Crippen LogP contribution in [0.15, 0.2) is 42.5 Å². The Hall–Kier alpha value is -2.41. The van der Waals surface area contributed by atoms with E-state index in [4.69, 9.17) is 11.6 Å². The third-order valence-electron chi connectivity index (χ3n) is 5.92. The van der Waals surface area contributed by atoms with Crippen LogP contribution in [0.25, 0.3) is 0 Å². The molecule has 0 bridgehead atoms. The zero-order valence-electron chi connectivity index (χ0n) is 16.5. The minimum Gasteiger partial charge on any atom is -0.366 e. The van der Waals surface area contributed by atoms with Crippen LogP contribution in [0.2, 0.25) is 5.02 Å². The molecule has 1 N–H and O–H groups in total. The Labute approximate surface area is 178 Å². The van der Waals surface area contributed by atoms with E-state index in [0.29, 0.717) is 36.8 Å². The maximum Gasteiger partial charge on any atom is 0.416 e. The van der Waals surface area contributed by atoms with Crippen molar-refractivity contribution in [2.75, 3.05) is 36.0 Å². The Morgan fingerprint density at radius 1 is 1.17 bits per heavy atom. The molecule has 160 valence electrons. The van der Waals surface area contributed by atoms with E-state index in [9.17, 15) is 18.0 Å². The molecule has 0 aliphatic carbocycles. The minimum absolute atomic E-state index is 0.128. The molecule has 1 saturated heterocycles. The van der Waals surface area contributed by atoms with Gasteiger partial charge in [-0.3, -0.25) is 4.79 Å². The highest BCUT2D eigenvalue weighted by Crippen LogP contribution is 2.40. The summed E-state index contributed by atoms with van der Waals surface area (Å²) in [4.78, 5) is 17.1. The maximum atomic E-state index is 13.2. The second kappa shape index (κ2) is 8.02. The predicted octanol–water partition coefficient (Wildman–Crippen LogP) is 4.36. The van der Waals surface area contributed by atoms with Gasteiger partial charge in [0.25, 0.3) is 0 Å². The molecule has 30 heavy (non-hydrogen) atoms. The van der Waals surface area contributed by atoms with Crippen molar-refractivity contribution in [3.8, 4) is 0 Å². The van der Waals surface area contributed by atoms with Crippen LogP contribution in [0.5, 0.6) is 0 Å². The molecule has 1 amide bonds. The Bertz CT molecular complexity index is 949. The first-order valence-electron chi connectivity index (χ1n) is 10.0. The molecule has 2 heterocycles. The lowest BCUT2D eigenvalue weighted by atomic mass is 9.82. The Morgan fingerprint density at radius 3 is 2.63 bits per heavy atom. The summed E-state index contributed by atoms with van der Waals surface area (Å²) in [6.07, 6.45) is -4.13. The molecule has 0 radical (unpaired) electrons. The molecular weight excluding hydrogens is 415 g/mol. The maximum absolute atomic E-state index is 13.2. The van der Waals surface area contributed by atoms with Crippen molar-refractivity contribution in [3.05, 3.63) is 58.6 Å². The molecule has 1 fully saturated rings. The van der Waals surface area contributed by atoms with Gasteiger partial charge in [-0.1, -0.05) is 23.7 Å². The minimum atomic E-state index is -4.41. The van der Waals surface area contributed by atoms with Crippen LogP contribution in [0, 0.1) is 5.92 Å². The van der Waals surface area contributed by atoms with E-state index in [1.54, 1.807) is 6.07 Å². The number of anilines is 2. The number of carbonyl (C=O) groups excluding carboxylic acids is 1. The number of alkyl halides is 3. The molecule has 4 nitrogen and oxygen atoms in total. The van der Waals surface area contributed by atoms with Gasteiger partial charge in [-0.2, -0.15) is 13.2 Å². The van der Waals surface area contributed by atoms with Gasteiger partial charge in [-0.15, -0.1) is 0 Å². The molecule has 2 aliphatic heterocycles. The number of halogens is 4. The van der Waals surface area contributed by atoms with Gasteiger partial charge in [0.1, 0.15) is 0 Å². The predicted molar refractivity (Wildman–Crippen MR) is 112 cm³/mol. The van der Waals surface area contributed by atoms with Crippen molar-refractivity contribution in [2.45, 2.75) is 25.6 Å². The number of rotatable bonds is 3. The van der Waals surface area contributed by atoms with Crippen molar-refractivity contribution in [1.29, 1.82) is 0 Å². The summed E-state index contributed by atoms with van der Waals surface area (Å²) in [5.41, 5.74) is 1.59. The Morgan fingerprint density at radius 2 is 1.93 bits per heavy atom. The summed E-state index contributed by atoms with van der Waals surface area (Å²) in [5.74, 6) is -0.567. The molecule has 2 aromatic carbocycles. The topological polar surface area (TPSA) is 35.6 Å². The molecule has 8 heteroatoms. The Kier molecular flexibility index (Phi) is 5.57. The molecule has 0 spiro atoms.